The molecule has 1 rings (SSSR count). The molecule has 0 radical (unpaired) electrons. The van der Waals surface area contributed by atoms with Crippen LogP contribution in [0.1, 0.15) is 19.3 Å². The summed E-state index contributed by atoms with van der Waals surface area (Å²) in [5.74, 6) is -0.466. The number of halogens is 3. The van der Waals surface area contributed by atoms with E-state index in [2.05, 4.69) is 0 Å². The van der Waals surface area contributed by atoms with E-state index in [0.717, 1.165) is 0 Å². The van der Waals surface area contributed by atoms with E-state index in [1.807, 2.05) is 4.90 Å². The Morgan fingerprint density at radius 2 is 1.80 bits per heavy atom. The van der Waals surface area contributed by atoms with Crippen LogP contribution in [-0.2, 0) is 10.0 Å². The number of sulfonamides is 1. The van der Waals surface area contributed by atoms with Crippen molar-refractivity contribution in [2.75, 3.05) is 45.1 Å². The normalized spacial score (nSPS) is 20.0. The van der Waals surface area contributed by atoms with Crippen molar-refractivity contribution < 1.29 is 26.7 Å². The van der Waals surface area contributed by atoms with Crippen LogP contribution in [0.25, 0.3) is 0 Å². The summed E-state index contributed by atoms with van der Waals surface area (Å²) >= 11 is 0. The van der Waals surface area contributed by atoms with E-state index in [-0.39, 0.29) is 13.2 Å². The van der Waals surface area contributed by atoms with Crippen LogP contribution in [0.5, 0.6) is 0 Å². The monoisotopic (exact) mass is 318 g/mol. The van der Waals surface area contributed by atoms with Gasteiger partial charge in [-0.3, -0.25) is 4.90 Å². The second kappa shape index (κ2) is 7.58. The molecule has 20 heavy (non-hydrogen) atoms. The topological polar surface area (TPSA) is 60.9 Å². The Kier molecular flexibility index (Phi) is 6.70. The minimum atomic E-state index is -4.31. The van der Waals surface area contributed by atoms with Crippen molar-refractivity contribution in [2.24, 2.45) is 0 Å². The Balaban J connectivity index is 2.47. The van der Waals surface area contributed by atoms with Gasteiger partial charge in [0.05, 0.1) is 12.4 Å². The zero-order valence-electron chi connectivity index (χ0n) is 11.3. The van der Waals surface area contributed by atoms with E-state index in [4.69, 9.17) is 5.11 Å². The van der Waals surface area contributed by atoms with E-state index in [1.54, 1.807) is 0 Å². The maximum Gasteiger partial charge on any atom is 0.389 e. The molecule has 0 amide bonds. The smallest absolute Gasteiger partial charge is 0.389 e. The predicted molar refractivity (Wildman–Crippen MR) is 68.8 cm³/mol. The molecule has 0 aliphatic carbocycles. The molecule has 0 aromatic carbocycles. The molecule has 0 saturated carbocycles. The first-order valence-electron chi connectivity index (χ1n) is 6.62. The minimum Gasteiger partial charge on any atom is -0.395 e. The first-order chi connectivity index (χ1) is 9.24. The van der Waals surface area contributed by atoms with Crippen LogP contribution in [0.4, 0.5) is 13.2 Å². The third-order valence-electron chi connectivity index (χ3n) is 3.22. The number of alkyl halides is 3. The van der Waals surface area contributed by atoms with Crippen molar-refractivity contribution in [3.8, 4) is 0 Å². The lowest BCUT2D eigenvalue weighted by Crippen LogP contribution is -2.37. The van der Waals surface area contributed by atoms with Gasteiger partial charge in [-0.05, 0) is 19.4 Å². The van der Waals surface area contributed by atoms with Crippen LogP contribution in [0.15, 0.2) is 0 Å². The molecule has 0 aromatic heterocycles. The summed E-state index contributed by atoms with van der Waals surface area (Å²) in [6.45, 7) is 2.29. The molecular weight excluding hydrogens is 297 g/mol. The molecule has 5 nitrogen and oxygen atoms in total. The third kappa shape index (κ3) is 6.38. The first-order valence-corrected chi connectivity index (χ1v) is 8.23. The highest BCUT2D eigenvalue weighted by atomic mass is 32.2. The van der Waals surface area contributed by atoms with Gasteiger partial charge in [0.2, 0.25) is 10.0 Å². The van der Waals surface area contributed by atoms with E-state index in [9.17, 15) is 21.6 Å². The van der Waals surface area contributed by atoms with Crippen LogP contribution < -0.4 is 0 Å². The molecule has 120 valence electrons. The summed E-state index contributed by atoms with van der Waals surface area (Å²) < 4.78 is 61.3. The van der Waals surface area contributed by atoms with Gasteiger partial charge in [-0.25, -0.2) is 12.7 Å². The van der Waals surface area contributed by atoms with Crippen LogP contribution >= 0.6 is 0 Å². The molecule has 0 atom stereocenters. The Morgan fingerprint density at radius 1 is 1.10 bits per heavy atom. The fraction of sp³-hybridized carbons (Fsp3) is 1.00. The van der Waals surface area contributed by atoms with Crippen LogP contribution in [0.2, 0.25) is 0 Å². The standard InChI is InChI=1S/C11H21F3N2O3S/c12-11(13,14)3-1-10-20(18,19)16-5-2-4-15(6-7-16)8-9-17/h17H,1-10H2. The van der Waals surface area contributed by atoms with Gasteiger partial charge in [-0.15, -0.1) is 0 Å². The van der Waals surface area contributed by atoms with Crippen molar-refractivity contribution in [2.45, 2.75) is 25.4 Å². The van der Waals surface area contributed by atoms with Gasteiger partial charge in [-0.1, -0.05) is 0 Å². The number of hydrogen-bond acceptors (Lipinski definition) is 4. The van der Waals surface area contributed by atoms with Gasteiger partial charge in [0.1, 0.15) is 0 Å². The van der Waals surface area contributed by atoms with Crippen LogP contribution in [0.3, 0.4) is 0 Å². The summed E-state index contributed by atoms with van der Waals surface area (Å²) in [5, 5.41) is 8.85. The highest BCUT2D eigenvalue weighted by molar-refractivity contribution is 7.89. The zero-order chi connectivity index (χ0) is 15.2. The Hall–Kier alpha value is -0.380. The molecule has 0 bridgehead atoms. The maximum atomic E-state index is 12.0. The van der Waals surface area contributed by atoms with Crippen molar-refractivity contribution in [1.82, 2.24) is 9.21 Å². The van der Waals surface area contributed by atoms with Gasteiger partial charge in [0.15, 0.2) is 0 Å². The third-order valence-corrected chi connectivity index (χ3v) is 5.18. The van der Waals surface area contributed by atoms with Crippen LogP contribution in [0, 0.1) is 0 Å². The van der Waals surface area contributed by atoms with Gasteiger partial charge < -0.3 is 5.11 Å². The molecule has 1 N–H and O–H groups in total. The lowest BCUT2D eigenvalue weighted by Gasteiger charge is -2.21. The van der Waals surface area contributed by atoms with E-state index >= 15 is 0 Å². The average molecular weight is 318 g/mol. The molecule has 9 heteroatoms. The second-order valence-corrected chi connectivity index (χ2v) is 6.94. The first kappa shape index (κ1) is 17.7. The van der Waals surface area contributed by atoms with Gasteiger partial charge in [0, 0.05) is 32.6 Å². The summed E-state index contributed by atoms with van der Waals surface area (Å²) in [6.07, 6.45) is -5.16. The highest BCUT2D eigenvalue weighted by Crippen LogP contribution is 2.22. The molecule has 0 unspecified atom stereocenters. The molecule has 1 aliphatic heterocycles. The Morgan fingerprint density at radius 3 is 2.40 bits per heavy atom. The maximum absolute atomic E-state index is 12.0. The predicted octanol–water partition coefficient (Wildman–Crippen LogP) is 0.659. The summed E-state index contributed by atoms with van der Waals surface area (Å²) in [6, 6.07) is 0. The largest absolute Gasteiger partial charge is 0.395 e. The highest BCUT2D eigenvalue weighted by Gasteiger charge is 2.29. The van der Waals surface area contributed by atoms with Crippen molar-refractivity contribution >= 4 is 10.0 Å². The minimum absolute atomic E-state index is 0.0122. The lowest BCUT2D eigenvalue weighted by atomic mass is 10.3. The Labute approximate surface area is 117 Å². The number of rotatable bonds is 6. The molecule has 1 fully saturated rings. The number of β-amino-alcohol motifs (C(OH)–C–C–N with tert-alkyl or cyclic N) is 1. The van der Waals surface area contributed by atoms with E-state index < -0.39 is 34.8 Å². The molecule has 1 aliphatic rings. The summed E-state index contributed by atoms with van der Waals surface area (Å²) in [5.41, 5.74) is 0. The van der Waals surface area contributed by atoms with Gasteiger partial charge in [-0.2, -0.15) is 13.2 Å². The fourth-order valence-corrected chi connectivity index (χ4v) is 3.71. The van der Waals surface area contributed by atoms with Crippen molar-refractivity contribution in [1.29, 1.82) is 0 Å². The lowest BCUT2D eigenvalue weighted by molar-refractivity contribution is -0.134. The van der Waals surface area contributed by atoms with Gasteiger partial charge >= 0.3 is 6.18 Å². The summed E-state index contributed by atoms with van der Waals surface area (Å²) in [4.78, 5) is 1.95. The van der Waals surface area contributed by atoms with Crippen molar-refractivity contribution in [3.05, 3.63) is 0 Å². The van der Waals surface area contributed by atoms with Crippen LogP contribution in [-0.4, -0.2) is 74.0 Å². The fourth-order valence-electron chi connectivity index (χ4n) is 2.17. The Bertz CT molecular complexity index is 387. The molecule has 0 spiro atoms. The molecular formula is C11H21F3N2O3S. The second-order valence-electron chi connectivity index (χ2n) is 4.85. The van der Waals surface area contributed by atoms with E-state index in [0.29, 0.717) is 32.6 Å². The number of hydrogen-bond donors (Lipinski definition) is 1. The average Bonchev–Trinajstić information content (AvgIpc) is 2.53. The van der Waals surface area contributed by atoms with Crippen molar-refractivity contribution in [3.63, 3.8) is 0 Å². The SMILES string of the molecule is O=S(=O)(CCCC(F)(F)F)N1CCCN(CCO)CC1. The van der Waals surface area contributed by atoms with E-state index in [1.165, 1.54) is 4.31 Å². The number of nitrogens with zero attached hydrogens (tertiary/aromatic N) is 2. The molecule has 1 heterocycles. The summed E-state index contributed by atoms with van der Waals surface area (Å²) in [7, 11) is -3.62. The number of aliphatic hydroxyl groups excluding tert-OH is 1. The number of aliphatic hydroxyl groups is 1. The molecule has 0 aromatic rings. The zero-order valence-corrected chi connectivity index (χ0v) is 12.1. The van der Waals surface area contributed by atoms with Gasteiger partial charge in [0.25, 0.3) is 0 Å². The molecule has 1 saturated heterocycles. The quantitative estimate of drug-likeness (QED) is 0.781.